The molecule has 0 N–H and O–H groups in total. The predicted octanol–water partition coefficient (Wildman–Crippen LogP) is 5.57. The summed E-state index contributed by atoms with van der Waals surface area (Å²) in [4.78, 5) is 2.62. The molecule has 1 aliphatic heterocycles. The topological polar surface area (TPSA) is 12.5 Å². The van der Waals surface area contributed by atoms with Crippen LogP contribution < -0.4 is 4.74 Å². The van der Waals surface area contributed by atoms with Gasteiger partial charge < -0.3 is 9.55 Å². The van der Waals surface area contributed by atoms with Crippen molar-refractivity contribution < 1.29 is 4.74 Å². The molecule has 2 rings (SSSR count). The van der Waals surface area contributed by atoms with Crippen LogP contribution in [0.1, 0.15) is 77.2 Å². The molecule has 0 saturated carbocycles. The molecule has 0 aromatic heterocycles. The molecule has 3 heteroatoms. The van der Waals surface area contributed by atoms with Gasteiger partial charge in [0.25, 0.3) is 0 Å². The summed E-state index contributed by atoms with van der Waals surface area (Å²) < 4.78 is 5.93. The summed E-state index contributed by atoms with van der Waals surface area (Å²) in [6.07, 6.45) is 12.5. The van der Waals surface area contributed by atoms with Crippen LogP contribution in [0.4, 0.5) is 0 Å². The van der Waals surface area contributed by atoms with Gasteiger partial charge in [-0.2, -0.15) is 0 Å². The highest BCUT2D eigenvalue weighted by Crippen LogP contribution is 2.26. The van der Waals surface area contributed by atoms with Crippen molar-refractivity contribution in [3.05, 3.63) is 29.8 Å². The Morgan fingerprint density at radius 1 is 1.00 bits per heavy atom. The van der Waals surface area contributed by atoms with Crippen molar-refractivity contribution >= 4 is 7.41 Å². The molecule has 0 aliphatic carbocycles. The van der Waals surface area contributed by atoms with E-state index in [1.807, 2.05) is 0 Å². The number of hydrogen-bond donors (Lipinski definition) is 0. The van der Waals surface area contributed by atoms with E-state index < -0.39 is 0 Å². The second-order valence-electron chi connectivity index (χ2n) is 7.40. The van der Waals surface area contributed by atoms with E-state index in [9.17, 15) is 0 Å². The number of rotatable bonds is 11. The lowest BCUT2D eigenvalue weighted by molar-refractivity contribution is 0.293. The summed E-state index contributed by atoms with van der Waals surface area (Å²) in [6, 6.07) is 8.55. The largest absolute Gasteiger partial charge is 0.492 e. The molecule has 0 fully saturated rings. The van der Waals surface area contributed by atoms with Crippen molar-refractivity contribution in [2.24, 2.45) is 0 Å². The van der Waals surface area contributed by atoms with Gasteiger partial charge in [0.15, 0.2) is 0 Å². The van der Waals surface area contributed by atoms with E-state index in [4.69, 9.17) is 4.74 Å². The molecule has 0 radical (unpaired) electrons. The van der Waals surface area contributed by atoms with Crippen LogP contribution in [0.15, 0.2) is 24.3 Å². The summed E-state index contributed by atoms with van der Waals surface area (Å²) in [7, 11) is 1.24. The van der Waals surface area contributed by atoms with E-state index in [0.717, 1.165) is 31.3 Å². The van der Waals surface area contributed by atoms with Gasteiger partial charge in [0, 0.05) is 18.7 Å². The van der Waals surface area contributed by atoms with E-state index in [0.29, 0.717) is 0 Å². The maximum atomic E-state index is 5.93. The smallest absolute Gasteiger partial charge is 0.207 e. The van der Waals surface area contributed by atoms with Crippen LogP contribution >= 0.6 is 0 Å². The van der Waals surface area contributed by atoms with Crippen LogP contribution in [-0.4, -0.2) is 25.4 Å². The first-order chi connectivity index (χ1) is 11.8. The fourth-order valence-electron chi connectivity index (χ4n) is 3.76. The average molecular weight is 329 g/mol. The summed E-state index contributed by atoms with van der Waals surface area (Å²) >= 11 is 0. The van der Waals surface area contributed by atoms with Crippen molar-refractivity contribution in [2.45, 2.75) is 84.0 Å². The van der Waals surface area contributed by atoms with E-state index >= 15 is 0 Å². The number of benzene rings is 1. The maximum absolute atomic E-state index is 5.93. The Bertz CT molecular complexity index is 451. The van der Waals surface area contributed by atoms with Gasteiger partial charge in [-0.1, -0.05) is 95.7 Å². The summed E-state index contributed by atoms with van der Waals surface area (Å²) in [5.41, 5.74) is 1.35. The summed E-state index contributed by atoms with van der Waals surface area (Å²) in [5, 5.41) is 0. The molecule has 1 aromatic rings. The van der Waals surface area contributed by atoms with Gasteiger partial charge >= 0.3 is 0 Å². The molecule has 1 heterocycles. The Labute approximate surface area is 150 Å². The lowest BCUT2D eigenvalue weighted by atomic mass is 9.68. The number of fused-ring (bicyclic) bond motifs is 1. The second-order valence-corrected chi connectivity index (χ2v) is 7.40. The highest BCUT2D eigenvalue weighted by molar-refractivity contribution is 6.34. The van der Waals surface area contributed by atoms with Crippen LogP contribution in [0.5, 0.6) is 5.75 Å². The van der Waals surface area contributed by atoms with E-state index in [2.05, 4.69) is 42.9 Å². The van der Waals surface area contributed by atoms with Crippen molar-refractivity contribution in [2.75, 3.05) is 13.2 Å². The standard InChI is InChI=1S/C21H36BNO/c1-3-5-7-8-9-14-20(13-6-4-2)22-23-16-17-24-21-15-11-10-12-19(21)18-23/h10-12,15,20,22H,3-9,13-14,16-18H2,1-2H3. The summed E-state index contributed by atoms with van der Waals surface area (Å²) in [5.74, 6) is 1.95. The molecule has 1 unspecified atom stereocenters. The van der Waals surface area contributed by atoms with Crippen molar-refractivity contribution in [1.82, 2.24) is 4.81 Å². The van der Waals surface area contributed by atoms with Gasteiger partial charge in [-0.3, -0.25) is 0 Å². The van der Waals surface area contributed by atoms with E-state index in [1.54, 1.807) is 0 Å². The minimum absolute atomic E-state index is 0.827. The molecule has 1 aliphatic rings. The number of nitrogens with zero attached hydrogens (tertiary/aromatic N) is 1. The minimum atomic E-state index is 0.827. The van der Waals surface area contributed by atoms with E-state index in [-0.39, 0.29) is 0 Å². The number of unbranched alkanes of at least 4 members (excludes halogenated alkanes) is 5. The first-order valence-electron chi connectivity index (χ1n) is 10.3. The van der Waals surface area contributed by atoms with Crippen molar-refractivity contribution in [3.63, 3.8) is 0 Å². The lowest BCUT2D eigenvalue weighted by Crippen LogP contribution is -2.32. The zero-order chi connectivity index (χ0) is 17.0. The van der Waals surface area contributed by atoms with Gasteiger partial charge in [0.2, 0.25) is 7.41 Å². The third-order valence-electron chi connectivity index (χ3n) is 5.23. The molecule has 134 valence electrons. The molecule has 0 amide bonds. The SMILES string of the molecule is CCCCCCCC(BN1CCOc2ccccc2C1)CCCC. The zero-order valence-electron chi connectivity index (χ0n) is 15.9. The number of hydrogen-bond acceptors (Lipinski definition) is 2. The molecular formula is C21H36BNO. The average Bonchev–Trinajstić information content (AvgIpc) is 2.80. The highest BCUT2D eigenvalue weighted by atomic mass is 16.5. The molecule has 0 bridgehead atoms. The van der Waals surface area contributed by atoms with Crippen LogP contribution in [0, 0.1) is 0 Å². The molecule has 24 heavy (non-hydrogen) atoms. The zero-order valence-corrected chi connectivity index (χ0v) is 15.9. The third-order valence-corrected chi connectivity index (χ3v) is 5.23. The molecule has 1 aromatic carbocycles. The molecule has 1 atom stereocenters. The molecular weight excluding hydrogens is 293 g/mol. The normalized spacial score (nSPS) is 16.1. The monoisotopic (exact) mass is 329 g/mol. The van der Waals surface area contributed by atoms with Gasteiger partial charge in [0.05, 0.1) is 6.61 Å². The third kappa shape index (κ3) is 6.89. The first-order valence-corrected chi connectivity index (χ1v) is 10.3. The second kappa shape index (κ2) is 11.6. The van der Waals surface area contributed by atoms with Gasteiger partial charge in [0.1, 0.15) is 5.75 Å². The van der Waals surface area contributed by atoms with Crippen LogP contribution in [0.2, 0.25) is 5.82 Å². The fraction of sp³-hybridized carbons (Fsp3) is 0.714. The molecule has 0 spiro atoms. The predicted molar refractivity (Wildman–Crippen MR) is 106 cm³/mol. The highest BCUT2D eigenvalue weighted by Gasteiger charge is 2.20. The Hall–Kier alpha value is -0.955. The van der Waals surface area contributed by atoms with Crippen LogP contribution in [0.25, 0.3) is 0 Å². The Morgan fingerprint density at radius 2 is 1.75 bits per heavy atom. The molecule has 2 nitrogen and oxygen atoms in total. The minimum Gasteiger partial charge on any atom is -0.492 e. The Morgan fingerprint density at radius 3 is 2.58 bits per heavy atom. The Kier molecular flexibility index (Phi) is 9.34. The van der Waals surface area contributed by atoms with E-state index in [1.165, 1.54) is 70.8 Å². The van der Waals surface area contributed by atoms with Gasteiger partial charge in [-0.25, -0.2) is 0 Å². The number of ether oxygens (including phenoxy) is 1. The van der Waals surface area contributed by atoms with Crippen LogP contribution in [-0.2, 0) is 6.54 Å². The maximum Gasteiger partial charge on any atom is 0.207 e. The fourth-order valence-corrected chi connectivity index (χ4v) is 3.76. The summed E-state index contributed by atoms with van der Waals surface area (Å²) in [6.45, 7) is 7.55. The quantitative estimate of drug-likeness (QED) is 0.388. The van der Waals surface area contributed by atoms with Gasteiger partial charge in [-0.15, -0.1) is 0 Å². The van der Waals surface area contributed by atoms with Gasteiger partial charge in [-0.05, 0) is 6.07 Å². The first kappa shape index (κ1) is 19.4. The van der Waals surface area contributed by atoms with Crippen molar-refractivity contribution in [1.29, 1.82) is 0 Å². The number of para-hydroxylation sites is 1. The van der Waals surface area contributed by atoms with Crippen molar-refractivity contribution in [3.8, 4) is 5.75 Å². The molecule has 0 saturated heterocycles. The van der Waals surface area contributed by atoms with Crippen LogP contribution in [0.3, 0.4) is 0 Å². The Balaban J connectivity index is 1.83. The lowest BCUT2D eigenvalue weighted by Gasteiger charge is -2.24.